The summed E-state index contributed by atoms with van der Waals surface area (Å²) in [4.78, 5) is 11.8. The van der Waals surface area contributed by atoms with Crippen LogP contribution in [0.2, 0.25) is 10.2 Å². The average molecular weight is 347 g/mol. The van der Waals surface area contributed by atoms with E-state index in [2.05, 4.69) is 31.4 Å². The van der Waals surface area contributed by atoms with E-state index in [0.29, 0.717) is 10.7 Å². The van der Waals surface area contributed by atoms with Crippen LogP contribution >= 0.6 is 39.1 Å². The van der Waals surface area contributed by atoms with Crippen LogP contribution in [0.5, 0.6) is 0 Å². The van der Waals surface area contributed by atoms with Crippen LogP contribution < -0.4 is 5.32 Å². The summed E-state index contributed by atoms with van der Waals surface area (Å²) in [5, 5.41) is 10.6. The minimum Gasteiger partial charge on any atom is -0.319 e. The van der Waals surface area contributed by atoms with Gasteiger partial charge < -0.3 is 5.32 Å². The van der Waals surface area contributed by atoms with Crippen molar-refractivity contribution in [3.05, 3.63) is 50.7 Å². The Morgan fingerprint density at radius 2 is 1.94 bits per heavy atom. The molecule has 1 heterocycles. The zero-order chi connectivity index (χ0) is 13.1. The first-order chi connectivity index (χ1) is 8.56. The molecule has 1 N–H and O–H groups in total. The lowest BCUT2D eigenvalue weighted by Crippen LogP contribution is -2.14. The third kappa shape index (κ3) is 3.19. The summed E-state index contributed by atoms with van der Waals surface area (Å²) >= 11 is 14.9. The number of nitrogens with one attached hydrogen (secondary N) is 1. The van der Waals surface area contributed by atoms with Gasteiger partial charge in [-0.15, -0.1) is 10.2 Å². The van der Waals surface area contributed by atoms with E-state index in [1.807, 2.05) is 0 Å². The maximum absolute atomic E-state index is 11.8. The van der Waals surface area contributed by atoms with Crippen molar-refractivity contribution < 1.29 is 4.79 Å². The van der Waals surface area contributed by atoms with E-state index in [0.717, 1.165) is 4.47 Å². The Labute approximate surface area is 121 Å². The van der Waals surface area contributed by atoms with Gasteiger partial charge in [-0.1, -0.05) is 39.1 Å². The fourth-order valence-corrected chi connectivity index (χ4v) is 2.04. The summed E-state index contributed by atoms with van der Waals surface area (Å²) in [5.74, 6) is -0.400. The Hall–Kier alpha value is -1.17. The number of benzene rings is 1. The van der Waals surface area contributed by atoms with Crippen molar-refractivity contribution in [2.24, 2.45) is 0 Å². The summed E-state index contributed by atoms with van der Waals surface area (Å²) < 4.78 is 0.830. The lowest BCUT2D eigenvalue weighted by atomic mass is 10.3. The van der Waals surface area contributed by atoms with E-state index in [-0.39, 0.29) is 10.8 Å². The van der Waals surface area contributed by atoms with Gasteiger partial charge in [0.1, 0.15) is 0 Å². The molecule has 2 rings (SSSR count). The van der Waals surface area contributed by atoms with E-state index >= 15 is 0 Å². The van der Waals surface area contributed by atoms with Crippen molar-refractivity contribution in [3.8, 4) is 0 Å². The van der Waals surface area contributed by atoms with Crippen LogP contribution in [0.15, 0.2) is 34.8 Å². The molecule has 2 aromatic rings. The smallest absolute Gasteiger partial charge is 0.276 e. The summed E-state index contributed by atoms with van der Waals surface area (Å²) in [6.45, 7) is 0. The Bertz CT molecular complexity index is 589. The molecule has 0 bridgehead atoms. The maximum atomic E-state index is 11.8. The number of aromatic nitrogens is 2. The second-order valence-electron chi connectivity index (χ2n) is 3.32. The molecule has 92 valence electrons. The molecule has 0 spiro atoms. The average Bonchev–Trinajstić information content (AvgIpc) is 2.33. The van der Waals surface area contributed by atoms with Crippen LogP contribution in [0.1, 0.15) is 10.5 Å². The van der Waals surface area contributed by atoms with Crippen molar-refractivity contribution in [1.82, 2.24) is 10.2 Å². The number of hydrogen-bond acceptors (Lipinski definition) is 3. The molecule has 0 saturated carbocycles. The predicted molar refractivity (Wildman–Crippen MR) is 74.1 cm³/mol. The highest BCUT2D eigenvalue weighted by Gasteiger charge is 2.10. The molecule has 4 nitrogen and oxygen atoms in total. The number of carbonyl (C=O) groups excluding carboxylic acids is 1. The van der Waals surface area contributed by atoms with Crippen molar-refractivity contribution in [2.45, 2.75) is 0 Å². The highest BCUT2D eigenvalue weighted by Crippen LogP contribution is 2.25. The minimum absolute atomic E-state index is 0.165. The van der Waals surface area contributed by atoms with Gasteiger partial charge in [-0.2, -0.15) is 0 Å². The van der Waals surface area contributed by atoms with Gasteiger partial charge in [0.05, 0.1) is 10.7 Å². The summed E-state index contributed by atoms with van der Waals surface area (Å²) in [6, 6.07) is 8.12. The summed E-state index contributed by atoms with van der Waals surface area (Å²) in [7, 11) is 0. The zero-order valence-corrected chi connectivity index (χ0v) is 11.9. The first-order valence-corrected chi connectivity index (χ1v) is 6.37. The van der Waals surface area contributed by atoms with Gasteiger partial charge in [0.25, 0.3) is 5.91 Å². The molecule has 0 aliphatic heterocycles. The molecule has 1 aromatic heterocycles. The molecular formula is C11H6BrCl2N3O. The molecular weight excluding hydrogens is 341 g/mol. The monoisotopic (exact) mass is 345 g/mol. The molecule has 0 radical (unpaired) electrons. The quantitative estimate of drug-likeness (QED) is 0.899. The number of nitrogens with zero attached hydrogens (tertiary/aromatic N) is 2. The Kier molecular flexibility index (Phi) is 4.16. The predicted octanol–water partition coefficient (Wildman–Crippen LogP) is 3.80. The van der Waals surface area contributed by atoms with Crippen LogP contribution in [-0.2, 0) is 0 Å². The molecule has 18 heavy (non-hydrogen) atoms. The topological polar surface area (TPSA) is 54.9 Å². The van der Waals surface area contributed by atoms with Crippen molar-refractivity contribution in [3.63, 3.8) is 0 Å². The van der Waals surface area contributed by atoms with Gasteiger partial charge in [0.2, 0.25) is 0 Å². The molecule has 0 unspecified atom stereocenters. The van der Waals surface area contributed by atoms with Crippen molar-refractivity contribution in [1.29, 1.82) is 0 Å². The van der Waals surface area contributed by atoms with E-state index in [9.17, 15) is 4.79 Å². The fourth-order valence-electron chi connectivity index (χ4n) is 1.21. The largest absolute Gasteiger partial charge is 0.319 e. The molecule has 0 saturated heterocycles. The fraction of sp³-hybridized carbons (Fsp3) is 0. The molecule has 0 aliphatic rings. The first kappa shape index (κ1) is 13.3. The maximum Gasteiger partial charge on any atom is 0.276 e. The summed E-state index contributed by atoms with van der Waals surface area (Å²) in [6.07, 6.45) is 0. The third-order valence-electron chi connectivity index (χ3n) is 2.04. The number of carbonyl (C=O) groups is 1. The highest BCUT2D eigenvalue weighted by atomic mass is 79.9. The third-order valence-corrected chi connectivity index (χ3v) is 3.05. The standard InChI is InChI=1S/C11H6BrCl2N3O/c12-6-1-2-8(7(13)5-6)15-11(18)9-3-4-10(14)17-16-9/h1-5H,(H,15,18). The molecule has 0 aliphatic carbocycles. The van der Waals surface area contributed by atoms with E-state index < -0.39 is 5.91 Å². The van der Waals surface area contributed by atoms with Crippen molar-refractivity contribution in [2.75, 3.05) is 5.32 Å². The number of anilines is 1. The van der Waals surface area contributed by atoms with Crippen LogP contribution in [-0.4, -0.2) is 16.1 Å². The van der Waals surface area contributed by atoms with Gasteiger partial charge in [0, 0.05) is 4.47 Å². The van der Waals surface area contributed by atoms with Gasteiger partial charge in [0.15, 0.2) is 10.8 Å². The molecule has 7 heteroatoms. The number of halogens is 3. The normalized spacial score (nSPS) is 10.2. The Balaban J connectivity index is 2.18. The lowest BCUT2D eigenvalue weighted by Gasteiger charge is -2.06. The second-order valence-corrected chi connectivity index (χ2v) is 5.03. The van der Waals surface area contributed by atoms with E-state index in [4.69, 9.17) is 23.2 Å². The summed E-state index contributed by atoms with van der Waals surface area (Å²) in [5.41, 5.74) is 0.667. The Morgan fingerprint density at radius 1 is 1.17 bits per heavy atom. The SMILES string of the molecule is O=C(Nc1ccc(Br)cc1Cl)c1ccc(Cl)nn1. The minimum atomic E-state index is -0.400. The number of hydrogen-bond donors (Lipinski definition) is 1. The number of rotatable bonds is 2. The van der Waals surface area contributed by atoms with Crippen LogP contribution in [0.4, 0.5) is 5.69 Å². The molecule has 1 amide bonds. The van der Waals surface area contributed by atoms with Gasteiger partial charge >= 0.3 is 0 Å². The number of amides is 1. The van der Waals surface area contributed by atoms with Crippen LogP contribution in [0, 0.1) is 0 Å². The van der Waals surface area contributed by atoms with E-state index in [1.165, 1.54) is 12.1 Å². The van der Waals surface area contributed by atoms with Crippen LogP contribution in [0.25, 0.3) is 0 Å². The van der Waals surface area contributed by atoms with E-state index in [1.54, 1.807) is 18.2 Å². The molecule has 1 aromatic carbocycles. The first-order valence-electron chi connectivity index (χ1n) is 4.82. The van der Waals surface area contributed by atoms with Gasteiger partial charge in [-0.05, 0) is 30.3 Å². The van der Waals surface area contributed by atoms with Gasteiger partial charge in [-0.3, -0.25) is 4.79 Å². The molecule has 0 atom stereocenters. The molecule has 0 fully saturated rings. The van der Waals surface area contributed by atoms with Crippen LogP contribution in [0.3, 0.4) is 0 Å². The van der Waals surface area contributed by atoms with Gasteiger partial charge in [-0.25, -0.2) is 0 Å². The lowest BCUT2D eigenvalue weighted by molar-refractivity contribution is 0.102. The second kappa shape index (κ2) is 5.65. The highest BCUT2D eigenvalue weighted by molar-refractivity contribution is 9.10. The van der Waals surface area contributed by atoms with Crippen molar-refractivity contribution >= 4 is 50.7 Å². The zero-order valence-electron chi connectivity index (χ0n) is 8.82. The Morgan fingerprint density at radius 3 is 2.56 bits per heavy atom.